The topological polar surface area (TPSA) is 83.5 Å². The number of hydrogen-bond donors (Lipinski definition) is 2. The Morgan fingerprint density at radius 1 is 1.35 bits per heavy atom. The fourth-order valence-electron chi connectivity index (χ4n) is 1.48. The minimum atomic E-state index is -3.73. The van der Waals surface area contributed by atoms with E-state index in [1.54, 1.807) is 0 Å². The molecule has 0 bridgehead atoms. The van der Waals surface area contributed by atoms with Crippen molar-refractivity contribution in [3.05, 3.63) is 28.2 Å². The smallest absolute Gasteiger partial charge is 0.335 e. The van der Waals surface area contributed by atoms with Crippen molar-refractivity contribution < 1.29 is 18.3 Å². The largest absolute Gasteiger partial charge is 0.478 e. The highest BCUT2D eigenvalue weighted by atomic mass is 79.9. The highest BCUT2D eigenvalue weighted by molar-refractivity contribution is 9.10. The lowest BCUT2D eigenvalue weighted by molar-refractivity contribution is 0.0696. The fourth-order valence-corrected chi connectivity index (χ4v) is 3.50. The van der Waals surface area contributed by atoms with E-state index >= 15 is 0 Å². The summed E-state index contributed by atoms with van der Waals surface area (Å²) >= 11 is 3.13. The predicted molar refractivity (Wildman–Crippen MR) is 80.4 cm³/mol. The Morgan fingerprint density at radius 2 is 1.95 bits per heavy atom. The Kier molecular flexibility index (Phi) is 5.34. The monoisotopic (exact) mass is 363 g/mol. The molecule has 1 aromatic carbocycles. The minimum Gasteiger partial charge on any atom is -0.478 e. The molecule has 0 saturated heterocycles. The summed E-state index contributed by atoms with van der Waals surface area (Å²) in [4.78, 5) is 10.8. The summed E-state index contributed by atoms with van der Waals surface area (Å²) in [6.07, 6.45) is 0.683. The number of benzene rings is 1. The lowest BCUT2D eigenvalue weighted by Gasteiger charge is -2.18. The van der Waals surface area contributed by atoms with Gasteiger partial charge in [-0.1, -0.05) is 20.8 Å². The molecule has 7 heteroatoms. The van der Waals surface area contributed by atoms with E-state index in [1.165, 1.54) is 12.1 Å². The molecule has 1 aromatic rings. The lowest BCUT2D eigenvalue weighted by Crippen LogP contribution is -2.28. The average molecular weight is 364 g/mol. The third kappa shape index (κ3) is 4.88. The maximum absolute atomic E-state index is 12.2. The predicted octanol–water partition coefficient (Wildman–Crippen LogP) is 2.86. The van der Waals surface area contributed by atoms with Crippen molar-refractivity contribution in [3.8, 4) is 0 Å². The van der Waals surface area contributed by atoms with Gasteiger partial charge < -0.3 is 5.11 Å². The van der Waals surface area contributed by atoms with E-state index in [9.17, 15) is 13.2 Å². The lowest BCUT2D eigenvalue weighted by atomic mass is 9.93. The summed E-state index contributed by atoms with van der Waals surface area (Å²) in [5.74, 6) is -1.16. The zero-order valence-corrected chi connectivity index (χ0v) is 14.0. The maximum Gasteiger partial charge on any atom is 0.335 e. The van der Waals surface area contributed by atoms with Crippen molar-refractivity contribution in [1.29, 1.82) is 0 Å². The van der Waals surface area contributed by atoms with Crippen molar-refractivity contribution >= 4 is 31.9 Å². The maximum atomic E-state index is 12.2. The molecule has 0 radical (unpaired) electrons. The Morgan fingerprint density at radius 3 is 2.45 bits per heavy atom. The van der Waals surface area contributed by atoms with Crippen LogP contribution >= 0.6 is 15.9 Å². The molecule has 0 fully saturated rings. The van der Waals surface area contributed by atoms with Crippen LogP contribution in [0, 0.1) is 5.41 Å². The molecular weight excluding hydrogens is 346 g/mol. The zero-order valence-electron chi connectivity index (χ0n) is 11.6. The first kappa shape index (κ1) is 17.1. The molecule has 0 amide bonds. The van der Waals surface area contributed by atoms with Gasteiger partial charge in [-0.15, -0.1) is 0 Å². The summed E-state index contributed by atoms with van der Waals surface area (Å²) in [6.45, 7) is 6.35. The molecule has 112 valence electrons. The van der Waals surface area contributed by atoms with E-state index in [1.807, 2.05) is 20.8 Å². The molecule has 0 aromatic heterocycles. The average Bonchev–Trinajstić information content (AvgIpc) is 2.26. The molecule has 20 heavy (non-hydrogen) atoms. The van der Waals surface area contributed by atoms with Crippen molar-refractivity contribution in [2.75, 3.05) is 6.54 Å². The SMILES string of the molecule is CC(C)(C)CCNS(=O)(=O)c1cc(C(=O)O)ccc1Br. The number of rotatable bonds is 5. The fraction of sp³-hybridized carbons (Fsp3) is 0.462. The summed E-state index contributed by atoms with van der Waals surface area (Å²) in [5, 5.41) is 8.92. The second-order valence-electron chi connectivity index (χ2n) is 5.66. The van der Waals surface area contributed by atoms with E-state index in [2.05, 4.69) is 20.7 Å². The number of carboxylic acids is 1. The van der Waals surface area contributed by atoms with E-state index in [-0.39, 0.29) is 15.9 Å². The van der Waals surface area contributed by atoms with Crippen LogP contribution in [0.5, 0.6) is 0 Å². The minimum absolute atomic E-state index is 0.0165. The Bertz CT molecular complexity index is 605. The van der Waals surface area contributed by atoms with Gasteiger partial charge in [0.1, 0.15) is 0 Å². The first-order chi connectivity index (χ1) is 9.03. The molecule has 0 spiro atoms. The molecule has 0 saturated carbocycles. The first-order valence-corrected chi connectivity index (χ1v) is 8.33. The van der Waals surface area contributed by atoms with E-state index in [0.717, 1.165) is 6.07 Å². The molecule has 0 aliphatic carbocycles. The van der Waals surface area contributed by atoms with Crippen LogP contribution in [0.15, 0.2) is 27.6 Å². The number of aromatic carboxylic acids is 1. The van der Waals surface area contributed by atoms with E-state index in [0.29, 0.717) is 17.4 Å². The Balaban J connectivity index is 2.97. The van der Waals surface area contributed by atoms with Crippen LogP contribution in [0.2, 0.25) is 0 Å². The summed E-state index contributed by atoms with van der Waals surface area (Å²) in [5.41, 5.74) is -0.0488. The Hall–Kier alpha value is -0.920. The van der Waals surface area contributed by atoms with Gasteiger partial charge in [0.2, 0.25) is 10.0 Å². The van der Waals surface area contributed by atoms with Gasteiger partial charge in [0.05, 0.1) is 10.5 Å². The highest BCUT2D eigenvalue weighted by Gasteiger charge is 2.20. The molecule has 5 nitrogen and oxygen atoms in total. The van der Waals surface area contributed by atoms with Crippen molar-refractivity contribution in [2.45, 2.75) is 32.1 Å². The van der Waals surface area contributed by atoms with Crippen molar-refractivity contribution in [3.63, 3.8) is 0 Å². The Labute approximate surface area is 127 Å². The van der Waals surface area contributed by atoms with E-state index in [4.69, 9.17) is 5.11 Å². The van der Waals surface area contributed by atoms with Crippen LogP contribution in [0.25, 0.3) is 0 Å². The van der Waals surface area contributed by atoms with Crippen LogP contribution in [0.1, 0.15) is 37.6 Å². The molecule has 0 heterocycles. The van der Waals surface area contributed by atoms with Crippen molar-refractivity contribution in [1.82, 2.24) is 4.72 Å². The number of hydrogen-bond acceptors (Lipinski definition) is 3. The number of carbonyl (C=O) groups is 1. The van der Waals surface area contributed by atoms with Gasteiger partial charge in [-0.3, -0.25) is 0 Å². The molecule has 0 atom stereocenters. The molecular formula is C13H18BrNO4S. The van der Waals surface area contributed by atoms with Gasteiger partial charge in [-0.25, -0.2) is 17.9 Å². The van der Waals surface area contributed by atoms with Crippen LogP contribution in [-0.4, -0.2) is 26.0 Å². The number of halogens is 1. The van der Waals surface area contributed by atoms with Gasteiger partial charge in [0.25, 0.3) is 0 Å². The van der Waals surface area contributed by atoms with Gasteiger partial charge in [-0.2, -0.15) is 0 Å². The number of sulfonamides is 1. The van der Waals surface area contributed by atoms with Crippen molar-refractivity contribution in [2.24, 2.45) is 5.41 Å². The number of carboxylic acid groups (broad SMARTS) is 1. The number of nitrogens with one attached hydrogen (secondary N) is 1. The summed E-state index contributed by atoms with van der Waals surface area (Å²) in [6, 6.07) is 3.91. The second-order valence-corrected chi connectivity index (χ2v) is 8.25. The van der Waals surface area contributed by atoms with Gasteiger partial charge in [0, 0.05) is 11.0 Å². The summed E-state index contributed by atoms with van der Waals surface area (Å²) in [7, 11) is -3.73. The van der Waals surface area contributed by atoms with Crippen LogP contribution in [0.3, 0.4) is 0 Å². The third-order valence-corrected chi connectivity index (χ3v) is 5.09. The van der Waals surface area contributed by atoms with Crippen LogP contribution in [0.4, 0.5) is 0 Å². The molecule has 0 aliphatic heterocycles. The molecule has 1 rings (SSSR count). The van der Waals surface area contributed by atoms with Crippen LogP contribution < -0.4 is 4.72 Å². The van der Waals surface area contributed by atoms with E-state index < -0.39 is 16.0 Å². The third-order valence-electron chi connectivity index (χ3n) is 2.63. The first-order valence-electron chi connectivity index (χ1n) is 6.05. The zero-order chi connectivity index (χ0) is 15.6. The standard InChI is InChI=1S/C13H18BrNO4S/c1-13(2,3)6-7-15-20(18,19)11-8-9(12(16)17)4-5-10(11)14/h4-5,8,15H,6-7H2,1-3H3,(H,16,17). The normalized spacial score (nSPS) is 12.4. The molecule has 2 N–H and O–H groups in total. The van der Waals surface area contributed by atoms with Crippen LogP contribution in [-0.2, 0) is 10.0 Å². The van der Waals surface area contributed by atoms with Gasteiger partial charge in [-0.05, 0) is 46.0 Å². The molecule has 0 unspecified atom stereocenters. The summed E-state index contributed by atoms with van der Waals surface area (Å²) < 4.78 is 27.2. The highest BCUT2D eigenvalue weighted by Crippen LogP contribution is 2.24. The second kappa shape index (κ2) is 6.24. The molecule has 0 aliphatic rings. The quantitative estimate of drug-likeness (QED) is 0.842. The van der Waals surface area contributed by atoms with Gasteiger partial charge >= 0.3 is 5.97 Å². The van der Waals surface area contributed by atoms with Gasteiger partial charge in [0.15, 0.2) is 0 Å².